The molecule has 1 aromatic rings. The smallest absolute Gasteiger partial charge is 0.313 e. The lowest BCUT2D eigenvalue weighted by Crippen LogP contribution is -2.19. The predicted octanol–water partition coefficient (Wildman–Crippen LogP) is 4.05. The monoisotopic (exact) mass is 264 g/mol. The maximum absolute atomic E-state index is 13.0. The van der Waals surface area contributed by atoms with Gasteiger partial charge in [-0.3, -0.25) is 4.79 Å². The fraction of sp³-hybridized carbons (Fsp3) is 0.562. The van der Waals surface area contributed by atoms with Gasteiger partial charge in [0.05, 0.1) is 13.0 Å². The van der Waals surface area contributed by atoms with Crippen LogP contribution >= 0.6 is 0 Å². The Morgan fingerprint density at radius 3 is 2.47 bits per heavy atom. The van der Waals surface area contributed by atoms with E-state index in [1.807, 2.05) is 0 Å². The maximum Gasteiger partial charge on any atom is 0.313 e. The van der Waals surface area contributed by atoms with Crippen LogP contribution < -0.4 is 0 Å². The standard InChI is InChI=1S/C16H21FO2/c1-19-16(18)15(11-12-5-3-2-4-6-12)13-7-9-14(17)10-8-13/h7-10,12,15H,2-6,11H2,1H3. The summed E-state index contributed by atoms with van der Waals surface area (Å²) in [5, 5.41) is 0. The second kappa shape index (κ2) is 6.69. The van der Waals surface area contributed by atoms with Crippen molar-refractivity contribution in [3.63, 3.8) is 0 Å². The van der Waals surface area contributed by atoms with Crippen LogP contribution in [0, 0.1) is 11.7 Å². The number of rotatable bonds is 4. The van der Waals surface area contributed by atoms with Crippen LogP contribution in [0.5, 0.6) is 0 Å². The van der Waals surface area contributed by atoms with Gasteiger partial charge in [-0.05, 0) is 30.0 Å². The highest BCUT2D eigenvalue weighted by atomic mass is 19.1. The van der Waals surface area contributed by atoms with E-state index < -0.39 is 0 Å². The molecule has 1 fully saturated rings. The molecule has 0 amide bonds. The number of halogens is 1. The van der Waals surface area contributed by atoms with Gasteiger partial charge in [-0.2, -0.15) is 0 Å². The highest BCUT2D eigenvalue weighted by Crippen LogP contribution is 2.33. The molecule has 1 atom stereocenters. The molecule has 19 heavy (non-hydrogen) atoms. The highest BCUT2D eigenvalue weighted by molar-refractivity contribution is 5.78. The van der Waals surface area contributed by atoms with Crippen LogP contribution in [0.1, 0.15) is 50.0 Å². The van der Waals surface area contributed by atoms with Crippen molar-refractivity contribution in [1.29, 1.82) is 0 Å². The third kappa shape index (κ3) is 3.79. The second-order valence-electron chi connectivity index (χ2n) is 5.37. The first-order valence-corrected chi connectivity index (χ1v) is 7.04. The summed E-state index contributed by atoms with van der Waals surface area (Å²) in [5.74, 6) is -0.154. The summed E-state index contributed by atoms with van der Waals surface area (Å²) in [7, 11) is 1.42. The molecule has 0 bridgehead atoms. The molecule has 0 aromatic heterocycles. The molecule has 0 heterocycles. The third-order valence-corrected chi connectivity index (χ3v) is 4.05. The molecule has 0 aliphatic heterocycles. The van der Waals surface area contributed by atoms with Crippen LogP contribution in [0.3, 0.4) is 0 Å². The summed E-state index contributed by atoms with van der Waals surface area (Å²) in [4.78, 5) is 12.0. The molecular weight excluding hydrogens is 243 g/mol. The fourth-order valence-corrected chi connectivity index (χ4v) is 2.96. The van der Waals surface area contributed by atoms with Gasteiger partial charge in [-0.15, -0.1) is 0 Å². The second-order valence-corrected chi connectivity index (χ2v) is 5.37. The largest absolute Gasteiger partial charge is 0.469 e. The number of ether oxygens (including phenoxy) is 1. The Labute approximate surface area is 114 Å². The van der Waals surface area contributed by atoms with Crippen molar-refractivity contribution >= 4 is 5.97 Å². The van der Waals surface area contributed by atoms with E-state index in [2.05, 4.69) is 0 Å². The summed E-state index contributed by atoms with van der Waals surface area (Å²) >= 11 is 0. The molecule has 1 unspecified atom stereocenters. The predicted molar refractivity (Wildman–Crippen MR) is 72.3 cm³/mol. The Kier molecular flexibility index (Phi) is 4.94. The van der Waals surface area contributed by atoms with Gasteiger partial charge in [0, 0.05) is 0 Å². The Balaban J connectivity index is 2.10. The molecule has 1 aliphatic carbocycles. The molecule has 0 radical (unpaired) electrons. The summed E-state index contributed by atoms with van der Waals surface area (Å²) in [5.41, 5.74) is 0.860. The van der Waals surface area contributed by atoms with Gasteiger partial charge in [0.1, 0.15) is 5.82 Å². The molecule has 104 valence electrons. The summed E-state index contributed by atoms with van der Waals surface area (Å²) in [6.45, 7) is 0. The van der Waals surface area contributed by atoms with Crippen LogP contribution in [0.2, 0.25) is 0 Å². The number of carbonyl (C=O) groups excluding carboxylic acids is 1. The quantitative estimate of drug-likeness (QED) is 0.767. The normalized spacial score (nSPS) is 18.0. The van der Waals surface area contributed by atoms with Crippen LogP contribution in [-0.4, -0.2) is 13.1 Å². The Morgan fingerprint density at radius 1 is 1.26 bits per heavy atom. The minimum atomic E-state index is -0.273. The van der Waals surface area contributed by atoms with Gasteiger partial charge < -0.3 is 4.74 Å². The molecule has 1 aliphatic rings. The molecule has 0 N–H and O–H groups in total. The van der Waals surface area contributed by atoms with Gasteiger partial charge in [0.2, 0.25) is 0 Å². The first kappa shape index (κ1) is 14.0. The van der Waals surface area contributed by atoms with Crippen molar-refractivity contribution in [2.24, 2.45) is 5.92 Å². The summed E-state index contributed by atoms with van der Waals surface area (Å²) < 4.78 is 17.9. The van der Waals surface area contributed by atoms with E-state index in [-0.39, 0.29) is 17.7 Å². The highest BCUT2D eigenvalue weighted by Gasteiger charge is 2.26. The van der Waals surface area contributed by atoms with Crippen molar-refractivity contribution in [3.05, 3.63) is 35.6 Å². The van der Waals surface area contributed by atoms with E-state index in [1.54, 1.807) is 12.1 Å². The zero-order chi connectivity index (χ0) is 13.7. The van der Waals surface area contributed by atoms with E-state index in [1.165, 1.54) is 51.3 Å². The van der Waals surface area contributed by atoms with E-state index in [0.717, 1.165) is 12.0 Å². The fourth-order valence-electron chi connectivity index (χ4n) is 2.96. The number of esters is 1. The van der Waals surface area contributed by atoms with E-state index in [4.69, 9.17) is 4.74 Å². The van der Waals surface area contributed by atoms with Crippen LogP contribution in [0.4, 0.5) is 4.39 Å². The average molecular weight is 264 g/mol. The van der Waals surface area contributed by atoms with Gasteiger partial charge in [-0.25, -0.2) is 4.39 Å². The van der Waals surface area contributed by atoms with Gasteiger partial charge in [0.15, 0.2) is 0 Å². The van der Waals surface area contributed by atoms with Crippen molar-refractivity contribution < 1.29 is 13.9 Å². The number of benzene rings is 1. The minimum absolute atomic E-state index is 0.211. The molecule has 2 nitrogen and oxygen atoms in total. The number of methoxy groups -OCH3 is 1. The van der Waals surface area contributed by atoms with Crippen LogP contribution in [0.25, 0.3) is 0 Å². The van der Waals surface area contributed by atoms with Crippen molar-refractivity contribution in [2.45, 2.75) is 44.4 Å². The molecule has 3 heteroatoms. The number of carbonyl (C=O) groups is 1. The lowest BCUT2D eigenvalue weighted by atomic mass is 9.80. The summed E-state index contributed by atoms with van der Waals surface area (Å²) in [6, 6.07) is 6.21. The maximum atomic E-state index is 13.0. The molecule has 0 spiro atoms. The van der Waals surface area contributed by atoms with Crippen molar-refractivity contribution in [1.82, 2.24) is 0 Å². The van der Waals surface area contributed by atoms with Crippen molar-refractivity contribution in [3.8, 4) is 0 Å². The average Bonchev–Trinajstić information content (AvgIpc) is 2.46. The molecule has 1 aromatic carbocycles. The minimum Gasteiger partial charge on any atom is -0.469 e. The molecule has 1 saturated carbocycles. The Bertz CT molecular complexity index is 407. The third-order valence-electron chi connectivity index (χ3n) is 4.05. The SMILES string of the molecule is COC(=O)C(CC1CCCCC1)c1ccc(F)cc1. The van der Waals surface area contributed by atoms with Gasteiger partial charge in [-0.1, -0.05) is 44.2 Å². The molecular formula is C16H21FO2. The molecule has 2 rings (SSSR count). The first-order valence-electron chi connectivity index (χ1n) is 7.04. The number of hydrogen-bond acceptors (Lipinski definition) is 2. The lowest BCUT2D eigenvalue weighted by Gasteiger charge is -2.25. The lowest BCUT2D eigenvalue weighted by molar-refractivity contribution is -0.143. The van der Waals surface area contributed by atoms with E-state index in [9.17, 15) is 9.18 Å². The molecule has 0 saturated heterocycles. The Morgan fingerprint density at radius 2 is 1.89 bits per heavy atom. The zero-order valence-electron chi connectivity index (χ0n) is 11.4. The first-order chi connectivity index (χ1) is 9.20. The van der Waals surface area contributed by atoms with Crippen LogP contribution in [0.15, 0.2) is 24.3 Å². The van der Waals surface area contributed by atoms with E-state index in [0.29, 0.717) is 5.92 Å². The summed E-state index contributed by atoms with van der Waals surface area (Å²) in [6.07, 6.45) is 7.00. The van der Waals surface area contributed by atoms with Crippen LogP contribution in [-0.2, 0) is 9.53 Å². The van der Waals surface area contributed by atoms with Crippen molar-refractivity contribution in [2.75, 3.05) is 7.11 Å². The Hall–Kier alpha value is -1.38. The van der Waals surface area contributed by atoms with Gasteiger partial charge >= 0.3 is 5.97 Å². The van der Waals surface area contributed by atoms with E-state index >= 15 is 0 Å². The number of hydrogen-bond donors (Lipinski definition) is 0. The topological polar surface area (TPSA) is 26.3 Å². The van der Waals surface area contributed by atoms with Gasteiger partial charge in [0.25, 0.3) is 0 Å². The zero-order valence-corrected chi connectivity index (χ0v) is 11.4.